The minimum absolute atomic E-state index is 0.310. The van der Waals surface area contributed by atoms with Crippen molar-refractivity contribution in [3.05, 3.63) is 101 Å². The zero-order valence-corrected chi connectivity index (χ0v) is 20.8. The number of nitrogens with zero attached hydrogens (tertiary/aromatic N) is 2. The number of aryl methyl sites for hydroxylation is 1. The maximum absolute atomic E-state index is 12.5. The van der Waals surface area contributed by atoms with Gasteiger partial charge in [-0.05, 0) is 55.0 Å². The zero-order chi connectivity index (χ0) is 25.3. The van der Waals surface area contributed by atoms with Gasteiger partial charge in [0.1, 0.15) is 6.61 Å². The molecule has 0 radical (unpaired) electrons. The molecule has 0 saturated heterocycles. The quantitative estimate of drug-likeness (QED) is 0.154. The molecule has 4 aromatic rings. The van der Waals surface area contributed by atoms with Crippen LogP contribution in [0.1, 0.15) is 21.5 Å². The Morgan fingerprint density at radius 3 is 2.58 bits per heavy atom. The van der Waals surface area contributed by atoms with E-state index in [1.54, 1.807) is 43.7 Å². The molecule has 1 aromatic heterocycles. The SMILES string of the molecule is C=CCOc1ccc(/C=N\NC(=O)c2ccc(-c3csc(Nc4ccc(C)cc4)n3)cc2)cc1OC. The van der Waals surface area contributed by atoms with Gasteiger partial charge in [0.25, 0.3) is 5.91 Å². The van der Waals surface area contributed by atoms with Gasteiger partial charge >= 0.3 is 0 Å². The third kappa shape index (κ3) is 6.37. The van der Waals surface area contributed by atoms with Crippen LogP contribution in [0.2, 0.25) is 0 Å². The first-order valence-corrected chi connectivity index (χ1v) is 12.1. The lowest BCUT2D eigenvalue weighted by Gasteiger charge is -2.09. The van der Waals surface area contributed by atoms with E-state index in [1.807, 2.05) is 35.7 Å². The molecule has 0 aliphatic rings. The molecule has 0 aliphatic carbocycles. The van der Waals surface area contributed by atoms with Crippen LogP contribution in [-0.2, 0) is 0 Å². The maximum atomic E-state index is 12.5. The highest BCUT2D eigenvalue weighted by Crippen LogP contribution is 2.28. The summed E-state index contributed by atoms with van der Waals surface area (Å²) in [5.74, 6) is 0.870. The summed E-state index contributed by atoms with van der Waals surface area (Å²) in [6.07, 6.45) is 3.21. The highest BCUT2D eigenvalue weighted by atomic mass is 32.1. The Bertz CT molecular complexity index is 1360. The minimum atomic E-state index is -0.310. The van der Waals surface area contributed by atoms with E-state index in [1.165, 1.54) is 16.9 Å². The third-order valence-corrected chi connectivity index (χ3v) is 5.93. The number of rotatable bonds is 10. The highest BCUT2D eigenvalue weighted by molar-refractivity contribution is 7.14. The lowest BCUT2D eigenvalue weighted by molar-refractivity contribution is 0.0955. The Kier molecular flexibility index (Phi) is 8.10. The first-order valence-electron chi connectivity index (χ1n) is 11.2. The Morgan fingerprint density at radius 2 is 1.86 bits per heavy atom. The van der Waals surface area contributed by atoms with E-state index in [0.29, 0.717) is 23.7 Å². The van der Waals surface area contributed by atoms with Gasteiger partial charge in [-0.25, -0.2) is 10.4 Å². The monoisotopic (exact) mass is 498 g/mol. The molecule has 1 amide bonds. The zero-order valence-electron chi connectivity index (χ0n) is 20.0. The number of hydrogen-bond acceptors (Lipinski definition) is 7. The molecule has 0 fully saturated rings. The van der Waals surface area contributed by atoms with E-state index in [4.69, 9.17) is 9.47 Å². The van der Waals surface area contributed by atoms with Gasteiger partial charge in [0.15, 0.2) is 16.6 Å². The lowest BCUT2D eigenvalue weighted by atomic mass is 10.1. The number of carbonyl (C=O) groups excluding carboxylic acids is 1. The van der Waals surface area contributed by atoms with Crippen molar-refractivity contribution in [3.8, 4) is 22.8 Å². The molecule has 2 N–H and O–H groups in total. The summed E-state index contributed by atoms with van der Waals surface area (Å²) in [5, 5.41) is 10.2. The lowest BCUT2D eigenvalue weighted by Crippen LogP contribution is -2.17. The largest absolute Gasteiger partial charge is 0.493 e. The number of carbonyl (C=O) groups is 1. The highest BCUT2D eigenvalue weighted by Gasteiger charge is 2.09. The Hall–Kier alpha value is -4.43. The van der Waals surface area contributed by atoms with E-state index in [9.17, 15) is 4.79 Å². The Labute approximate surface area is 214 Å². The van der Waals surface area contributed by atoms with Crippen molar-refractivity contribution in [2.45, 2.75) is 6.92 Å². The van der Waals surface area contributed by atoms with Crippen molar-refractivity contribution in [1.82, 2.24) is 10.4 Å². The predicted octanol–water partition coefficient (Wildman–Crippen LogP) is 6.20. The van der Waals surface area contributed by atoms with Crippen molar-refractivity contribution < 1.29 is 14.3 Å². The van der Waals surface area contributed by atoms with Gasteiger partial charge in [-0.2, -0.15) is 5.10 Å². The Morgan fingerprint density at radius 1 is 1.08 bits per heavy atom. The number of amides is 1. The first-order chi connectivity index (χ1) is 17.6. The van der Waals surface area contributed by atoms with Gasteiger partial charge in [-0.15, -0.1) is 11.3 Å². The average molecular weight is 499 g/mol. The summed E-state index contributed by atoms with van der Waals surface area (Å²) >= 11 is 1.53. The standard InChI is InChI=1S/C28H26N4O3S/c1-4-15-35-25-14-7-20(16-26(25)34-3)17-29-32-27(33)22-10-8-21(9-11-22)24-18-36-28(31-24)30-23-12-5-19(2)6-13-23/h4-14,16-18H,1,15H2,2-3H3,(H,30,31)(H,32,33)/b29-17-. The molecule has 0 unspecified atom stereocenters. The number of anilines is 2. The first kappa shape index (κ1) is 24.7. The van der Waals surface area contributed by atoms with E-state index >= 15 is 0 Å². The van der Waals surface area contributed by atoms with Crippen molar-refractivity contribution in [2.75, 3.05) is 19.0 Å². The van der Waals surface area contributed by atoms with E-state index in [-0.39, 0.29) is 5.91 Å². The smallest absolute Gasteiger partial charge is 0.271 e. The molecular weight excluding hydrogens is 472 g/mol. The summed E-state index contributed by atoms with van der Waals surface area (Å²) in [4.78, 5) is 17.2. The van der Waals surface area contributed by atoms with Crippen molar-refractivity contribution >= 4 is 34.3 Å². The van der Waals surface area contributed by atoms with Gasteiger partial charge in [0.05, 0.1) is 19.0 Å². The molecule has 182 valence electrons. The molecule has 4 rings (SSSR count). The van der Waals surface area contributed by atoms with Crippen LogP contribution in [0.5, 0.6) is 11.5 Å². The van der Waals surface area contributed by atoms with Crippen LogP contribution in [0, 0.1) is 6.92 Å². The second-order valence-electron chi connectivity index (χ2n) is 7.82. The van der Waals surface area contributed by atoms with Crippen LogP contribution in [0.4, 0.5) is 10.8 Å². The summed E-state index contributed by atoms with van der Waals surface area (Å²) < 4.78 is 10.9. The van der Waals surface area contributed by atoms with Gasteiger partial charge < -0.3 is 14.8 Å². The molecular formula is C28H26N4O3S. The number of ether oxygens (including phenoxy) is 2. The summed E-state index contributed by atoms with van der Waals surface area (Å²) in [5.41, 5.74) is 7.77. The number of aromatic nitrogens is 1. The minimum Gasteiger partial charge on any atom is -0.493 e. The summed E-state index contributed by atoms with van der Waals surface area (Å²) in [6, 6.07) is 20.8. The number of benzene rings is 3. The van der Waals surface area contributed by atoms with Gasteiger partial charge in [0.2, 0.25) is 0 Å². The number of thiazole rings is 1. The number of methoxy groups -OCH3 is 1. The van der Waals surface area contributed by atoms with Crippen LogP contribution < -0.4 is 20.2 Å². The van der Waals surface area contributed by atoms with Crippen molar-refractivity contribution in [2.24, 2.45) is 5.10 Å². The summed E-state index contributed by atoms with van der Waals surface area (Å²) in [7, 11) is 1.56. The molecule has 0 saturated carbocycles. The normalized spacial score (nSPS) is 10.7. The number of nitrogens with one attached hydrogen (secondary N) is 2. The molecule has 0 aliphatic heterocycles. The van der Waals surface area contributed by atoms with Crippen LogP contribution in [0.3, 0.4) is 0 Å². The average Bonchev–Trinajstić information content (AvgIpc) is 3.37. The summed E-state index contributed by atoms with van der Waals surface area (Å²) in [6.45, 7) is 6.07. The van der Waals surface area contributed by atoms with Crippen LogP contribution in [-0.4, -0.2) is 30.8 Å². The van der Waals surface area contributed by atoms with E-state index < -0.39 is 0 Å². The van der Waals surface area contributed by atoms with E-state index in [0.717, 1.165) is 27.6 Å². The fourth-order valence-corrected chi connectivity index (χ4v) is 4.02. The second kappa shape index (κ2) is 11.8. The van der Waals surface area contributed by atoms with Crippen molar-refractivity contribution in [3.63, 3.8) is 0 Å². The van der Waals surface area contributed by atoms with Gasteiger partial charge in [0, 0.05) is 22.2 Å². The predicted molar refractivity (Wildman–Crippen MR) is 146 cm³/mol. The molecule has 36 heavy (non-hydrogen) atoms. The molecule has 7 nitrogen and oxygen atoms in total. The molecule has 0 bridgehead atoms. The van der Waals surface area contributed by atoms with Crippen molar-refractivity contribution in [1.29, 1.82) is 0 Å². The van der Waals surface area contributed by atoms with Crippen LogP contribution in [0.25, 0.3) is 11.3 Å². The molecule has 8 heteroatoms. The van der Waals surface area contributed by atoms with Crippen LogP contribution >= 0.6 is 11.3 Å². The second-order valence-corrected chi connectivity index (χ2v) is 8.67. The Balaban J connectivity index is 1.35. The van der Waals surface area contributed by atoms with E-state index in [2.05, 4.69) is 46.5 Å². The molecule has 1 heterocycles. The molecule has 3 aromatic carbocycles. The third-order valence-electron chi connectivity index (χ3n) is 5.17. The molecule has 0 atom stereocenters. The van der Waals surface area contributed by atoms with Gasteiger partial charge in [-0.3, -0.25) is 4.79 Å². The molecule has 0 spiro atoms. The van der Waals surface area contributed by atoms with Crippen LogP contribution in [0.15, 0.2) is 89.9 Å². The van der Waals surface area contributed by atoms with Gasteiger partial charge in [-0.1, -0.05) is 42.5 Å². The number of hydrazone groups is 1. The fraction of sp³-hybridized carbons (Fsp3) is 0.107. The topological polar surface area (TPSA) is 84.8 Å². The fourth-order valence-electron chi connectivity index (χ4n) is 3.28. The maximum Gasteiger partial charge on any atom is 0.271 e. The number of hydrogen-bond donors (Lipinski definition) is 2.